The van der Waals surface area contributed by atoms with Gasteiger partial charge in [0.1, 0.15) is 18.1 Å². The third-order valence-corrected chi connectivity index (χ3v) is 1.87. The molecule has 0 amide bonds. The van der Waals surface area contributed by atoms with Gasteiger partial charge in [-0.1, -0.05) is 0 Å². The van der Waals surface area contributed by atoms with E-state index in [1.165, 1.54) is 6.33 Å². The number of hydrogen-bond donors (Lipinski definition) is 1. The fourth-order valence-corrected chi connectivity index (χ4v) is 1.18. The molecule has 2 aromatic heterocycles. The molecule has 68 valence electrons. The first-order valence-electron chi connectivity index (χ1n) is 3.92. The lowest BCUT2D eigenvalue weighted by Gasteiger charge is -2.06. The average molecular weight is 178 g/mol. The van der Waals surface area contributed by atoms with Crippen molar-refractivity contribution in [3.8, 4) is 0 Å². The number of furan rings is 1. The topological polar surface area (TPSA) is 69.9 Å². The van der Waals surface area contributed by atoms with Crippen molar-refractivity contribution < 1.29 is 4.42 Å². The molecule has 2 aromatic rings. The minimum absolute atomic E-state index is 0.345. The molecule has 0 aliphatic carbocycles. The Labute approximate surface area is 75.2 Å². The summed E-state index contributed by atoms with van der Waals surface area (Å²) >= 11 is 0. The molecule has 2 N–H and O–H groups in total. The number of nitrogens with zero attached hydrogens (tertiary/aromatic N) is 3. The van der Waals surface area contributed by atoms with Gasteiger partial charge in [0.25, 0.3) is 0 Å². The third-order valence-electron chi connectivity index (χ3n) is 1.87. The summed E-state index contributed by atoms with van der Waals surface area (Å²) < 4.78 is 6.80. The Hall–Kier alpha value is -1.62. The molecule has 0 fully saturated rings. The van der Waals surface area contributed by atoms with Crippen LogP contribution in [0.1, 0.15) is 17.6 Å². The molecule has 2 rings (SSSR count). The van der Waals surface area contributed by atoms with Crippen LogP contribution in [0.25, 0.3) is 0 Å². The number of aromatic nitrogens is 3. The highest BCUT2D eigenvalue weighted by atomic mass is 16.3. The van der Waals surface area contributed by atoms with Crippen molar-refractivity contribution in [1.29, 1.82) is 0 Å². The highest BCUT2D eigenvalue weighted by Gasteiger charge is 2.15. The Kier molecular flexibility index (Phi) is 1.86. The highest BCUT2D eigenvalue weighted by molar-refractivity contribution is 5.12. The molecular weight excluding hydrogens is 168 g/mol. The molecule has 13 heavy (non-hydrogen) atoms. The Morgan fingerprint density at radius 2 is 2.46 bits per heavy atom. The number of hydrogen-bond acceptors (Lipinski definition) is 4. The zero-order valence-corrected chi connectivity index (χ0v) is 7.21. The van der Waals surface area contributed by atoms with Crippen LogP contribution in [0, 0.1) is 0 Å². The maximum atomic E-state index is 5.89. The molecule has 0 radical (unpaired) electrons. The van der Waals surface area contributed by atoms with Crippen LogP contribution in [0.15, 0.2) is 29.1 Å². The lowest BCUT2D eigenvalue weighted by atomic mass is 10.2. The van der Waals surface area contributed by atoms with E-state index < -0.39 is 0 Å². The van der Waals surface area contributed by atoms with Crippen molar-refractivity contribution in [3.63, 3.8) is 0 Å². The summed E-state index contributed by atoms with van der Waals surface area (Å²) in [6, 6.07) is 3.27. The molecule has 5 heteroatoms. The first kappa shape index (κ1) is 8.00. The Morgan fingerprint density at radius 3 is 3.00 bits per heavy atom. The van der Waals surface area contributed by atoms with E-state index in [4.69, 9.17) is 10.2 Å². The first-order valence-corrected chi connectivity index (χ1v) is 3.92. The van der Waals surface area contributed by atoms with Gasteiger partial charge in [-0.15, -0.1) is 0 Å². The molecule has 0 saturated carbocycles. The van der Waals surface area contributed by atoms with Crippen LogP contribution in [-0.2, 0) is 7.05 Å². The van der Waals surface area contributed by atoms with Crippen LogP contribution in [0.3, 0.4) is 0 Å². The molecule has 0 aromatic carbocycles. The van der Waals surface area contributed by atoms with Gasteiger partial charge in [-0.25, -0.2) is 4.98 Å². The third kappa shape index (κ3) is 1.33. The fraction of sp³-hybridized carbons (Fsp3) is 0.250. The molecule has 2 heterocycles. The number of rotatable bonds is 2. The normalized spacial score (nSPS) is 13.1. The highest BCUT2D eigenvalue weighted by Crippen LogP contribution is 2.16. The van der Waals surface area contributed by atoms with Gasteiger partial charge >= 0.3 is 0 Å². The lowest BCUT2D eigenvalue weighted by Crippen LogP contribution is -2.16. The van der Waals surface area contributed by atoms with E-state index >= 15 is 0 Å². The second-order valence-corrected chi connectivity index (χ2v) is 2.73. The smallest absolute Gasteiger partial charge is 0.151 e. The summed E-state index contributed by atoms with van der Waals surface area (Å²) in [7, 11) is 1.80. The fourth-order valence-electron chi connectivity index (χ4n) is 1.18. The maximum absolute atomic E-state index is 5.89. The van der Waals surface area contributed by atoms with Gasteiger partial charge in [-0.3, -0.25) is 4.68 Å². The van der Waals surface area contributed by atoms with Crippen molar-refractivity contribution in [3.05, 3.63) is 36.3 Å². The molecule has 0 saturated heterocycles. The van der Waals surface area contributed by atoms with E-state index in [1.807, 2.05) is 6.07 Å². The minimum atomic E-state index is -0.345. The summed E-state index contributed by atoms with van der Waals surface area (Å²) in [5.74, 6) is 1.38. The first-order chi connectivity index (χ1) is 6.29. The van der Waals surface area contributed by atoms with E-state index in [2.05, 4.69) is 10.1 Å². The van der Waals surface area contributed by atoms with E-state index in [9.17, 15) is 0 Å². The van der Waals surface area contributed by atoms with Gasteiger partial charge in [0, 0.05) is 7.05 Å². The zero-order valence-electron chi connectivity index (χ0n) is 7.21. The lowest BCUT2D eigenvalue weighted by molar-refractivity contribution is 0.474. The van der Waals surface area contributed by atoms with Crippen LogP contribution < -0.4 is 5.73 Å². The Morgan fingerprint density at radius 1 is 1.62 bits per heavy atom. The summed E-state index contributed by atoms with van der Waals surface area (Å²) in [6.45, 7) is 0. The maximum Gasteiger partial charge on any atom is 0.151 e. The van der Waals surface area contributed by atoms with Crippen LogP contribution in [0.4, 0.5) is 0 Å². The van der Waals surface area contributed by atoms with Crippen LogP contribution in [-0.4, -0.2) is 14.8 Å². The van der Waals surface area contributed by atoms with E-state index in [1.54, 1.807) is 24.1 Å². The van der Waals surface area contributed by atoms with Crippen molar-refractivity contribution >= 4 is 0 Å². The van der Waals surface area contributed by atoms with Crippen molar-refractivity contribution in [1.82, 2.24) is 14.8 Å². The quantitative estimate of drug-likeness (QED) is 0.725. The Balaban J connectivity index is 2.33. The Bertz CT molecular complexity index is 379. The van der Waals surface area contributed by atoms with Gasteiger partial charge in [-0.05, 0) is 12.1 Å². The molecule has 1 atom stereocenters. The second-order valence-electron chi connectivity index (χ2n) is 2.73. The molecule has 0 spiro atoms. The standard InChI is InChI=1S/C8H10N4O/c1-12-8(10-5-11-12)7(9)6-3-2-4-13-6/h2-5,7H,9H2,1H3. The van der Waals surface area contributed by atoms with E-state index in [0.717, 1.165) is 0 Å². The summed E-state index contributed by atoms with van der Waals surface area (Å²) in [5, 5.41) is 3.93. The molecule has 1 unspecified atom stereocenters. The predicted octanol–water partition coefficient (Wildman–Crippen LogP) is 0.456. The molecule has 5 nitrogen and oxygen atoms in total. The SMILES string of the molecule is Cn1ncnc1C(N)c1ccco1. The van der Waals surface area contributed by atoms with Crippen molar-refractivity contribution in [2.75, 3.05) is 0 Å². The van der Waals surface area contributed by atoms with Crippen LogP contribution in [0.5, 0.6) is 0 Å². The summed E-state index contributed by atoms with van der Waals surface area (Å²) in [5.41, 5.74) is 5.89. The van der Waals surface area contributed by atoms with Crippen LogP contribution in [0.2, 0.25) is 0 Å². The molecule has 0 aliphatic rings. The van der Waals surface area contributed by atoms with Gasteiger partial charge in [0.2, 0.25) is 0 Å². The van der Waals surface area contributed by atoms with Crippen LogP contribution >= 0.6 is 0 Å². The molecular formula is C8H10N4O. The molecule has 0 bridgehead atoms. The van der Waals surface area contributed by atoms with Gasteiger partial charge < -0.3 is 10.2 Å². The van der Waals surface area contributed by atoms with E-state index in [0.29, 0.717) is 11.6 Å². The van der Waals surface area contributed by atoms with Crippen molar-refractivity contribution in [2.24, 2.45) is 12.8 Å². The minimum Gasteiger partial charge on any atom is -0.467 e. The van der Waals surface area contributed by atoms with Crippen molar-refractivity contribution in [2.45, 2.75) is 6.04 Å². The monoisotopic (exact) mass is 178 g/mol. The summed E-state index contributed by atoms with van der Waals surface area (Å²) in [4.78, 5) is 4.04. The number of aryl methyl sites for hydroxylation is 1. The largest absolute Gasteiger partial charge is 0.467 e. The molecule has 0 aliphatic heterocycles. The van der Waals surface area contributed by atoms with Gasteiger partial charge in [0.15, 0.2) is 5.82 Å². The van der Waals surface area contributed by atoms with Gasteiger partial charge in [0.05, 0.1) is 6.26 Å². The zero-order chi connectivity index (χ0) is 9.26. The summed E-state index contributed by atoms with van der Waals surface area (Å²) in [6.07, 6.45) is 3.06. The predicted molar refractivity (Wildman–Crippen MR) is 45.7 cm³/mol. The second kappa shape index (κ2) is 3.02. The average Bonchev–Trinajstić information content (AvgIpc) is 2.72. The number of nitrogens with two attached hydrogens (primary N) is 1. The van der Waals surface area contributed by atoms with Gasteiger partial charge in [-0.2, -0.15) is 5.10 Å². The van der Waals surface area contributed by atoms with E-state index in [-0.39, 0.29) is 6.04 Å².